The minimum atomic E-state index is -0.429. The van der Waals surface area contributed by atoms with Crippen LogP contribution >= 0.6 is 0 Å². The third-order valence-corrected chi connectivity index (χ3v) is 2.33. The minimum absolute atomic E-state index is 0.0711. The number of ether oxygens (including phenoxy) is 1. The van der Waals surface area contributed by atoms with E-state index in [1.807, 2.05) is 37.3 Å². The Labute approximate surface area is 102 Å². The van der Waals surface area contributed by atoms with Crippen LogP contribution in [0.5, 0.6) is 5.75 Å². The topological polar surface area (TPSA) is 38.3 Å². The van der Waals surface area contributed by atoms with Gasteiger partial charge < -0.3 is 10.1 Å². The summed E-state index contributed by atoms with van der Waals surface area (Å²) in [5.74, 6) is 0.649. The Kier molecular flexibility index (Phi) is 5.86. The summed E-state index contributed by atoms with van der Waals surface area (Å²) in [5, 5.41) is 2.82. The van der Waals surface area contributed by atoms with Crippen molar-refractivity contribution in [1.29, 1.82) is 0 Å². The second-order valence-corrected chi connectivity index (χ2v) is 3.70. The van der Waals surface area contributed by atoms with E-state index < -0.39 is 6.10 Å². The Bertz CT molecular complexity index is 348. The zero-order chi connectivity index (χ0) is 12.5. The first-order valence-corrected chi connectivity index (χ1v) is 5.88. The van der Waals surface area contributed by atoms with Crippen LogP contribution < -0.4 is 10.1 Å². The molecule has 0 aromatic heterocycles. The van der Waals surface area contributed by atoms with Crippen molar-refractivity contribution in [3.63, 3.8) is 0 Å². The fourth-order valence-corrected chi connectivity index (χ4v) is 1.40. The highest BCUT2D eigenvalue weighted by atomic mass is 16.5. The van der Waals surface area contributed by atoms with Crippen LogP contribution in [0.15, 0.2) is 43.0 Å². The molecular weight excluding hydrogens is 214 g/mol. The smallest absolute Gasteiger partial charge is 0.261 e. The SMILES string of the molecule is C=CCCNC(=O)C(CC)Oc1ccccc1. The molecule has 3 heteroatoms. The molecule has 1 N–H and O–H groups in total. The van der Waals surface area contributed by atoms with Gasteiger partial charge >= 0.3 is 0 Å². The van der Waals surface area contributed by atoms with Gasteiger partial charge in [0.15, 0.2) is 6.10 Å². The predicted octanol–water partition coefficient (Wildman–Crippen LogP) is 2.54. The highest BCUT2D eigenvalue weighted by molar-refractivity contribution is 5.81. The van der Waals surface area contributed by atoms with Crippen molar-refractivity contribution in [2.45, 2.75) is 25.9 Å². The number of benzene rings is 1. The summed E-state index contributed by atoms with van der Waals surface area (Å²) in [4.78, 5) is 11.8. The minimum Gasteiger partial charge on any atom is -0.481 e. The largest absolute Gasteiger partial charge is 0.481 e. The lowest BCUT2D eigenvalue weighted by molar-refractivity contribution is -0.128. The van der Waals surface area contributed by atoms with Crippen LogP contribution in [0.2, 0.25) is 0 Å². The van der Waals surface area contributed by atoms with Crippen LogP contribution in [0.4, 0.5) is 0 Å². The van der Waals surface area contributed by atoms with Gasteiger partial charge in [0.2, 0.25) is 0 Å². The van der Waals surface area contributed by atoms with E-state index in [0.717, 1.165) is 12.2 Å². The molecule has 0 fully saturated rings. The van der Waals surface area contributed by atoms with Gasteiger partial charge in [-0.2, -0.15) is 0 Å². The molecule has 1 rings (SSSR count). The molecule has 0 spiro atoms. The molecule has 0 heterocycles. The Hall–Kier alpha value is -1.77. The van der Waals surface area contributed by atoms with E-state index >= 15 is 0 Å². The molecule has 0 aliphatic rings. The van der Waals surface area contributed by atoms with Crippen molar-refractivity contribution in [2.75, 3.05) is 6.54 Å². The molecule has 1 aromatic rings. The first kappa shape index (κ1) is 13.3. The Morgan fingerprint density at radius 3 is 2.76 bits per heavy atom. The lowest BCUT2D eigenvalue weighted by atomic mass is 10.2. The number of nitrogens with one attached hydrogen (secondary N) is 1. The van der Waals surface area contributed by atoms with E-state index in [0.29, 0.717) is 13.0 Å². The van der Waals surface area contributed by atoms with Crippen LogP contribution in [0.3, 0.4) is 0 Å². The summed E-state index contributed by atoms with van der Waals surface area (Å²) in [7, 11) is 0. The van der Waals surface area contributed by atoms with Gasteiger partial charge in [-0.15, -0.1) is 6.58 Å². The molecular formula is C14H19NO2. The van der Waals surface area contributed by atoms with E-state index in [4.69, 9.17) is 4.74 Å². The third kappa shape index (κ3) is 4.72. The zero-order valence-corrected chi connectivity index (χ0v) is 10.2. The summed E-state index contributed by atoms with van der Waals surface area (Å²) in [6, 6.07) is 9.38. The second-order valence-electron chi connectivity index (χ2n) is 3.70. The van der Waals surface area contributed by atoms with Gasteiger partial charge in [-0.3, -0.25) is 4.79 Å². The summed E-state index contributed by atoms with van der Waals surface area (Å²) in [5.41, 5.74) is 0. The molecule has 0 saturated heterocycles. The molecule has 3 nitrogen and oxygen atoms in total. The Morgan fingerprint density at radius 2 is 2.18 bits per heavy atom. The molecule has 0 aliphatic heterocycles. The van der Waals surface area contributed by atoms with Crippen LogP contribution in [-0.4, -0.2) is 18.6 Å². The molecule has 92 valence electrons. The first-order valence-electron chi connectivity index (χ1n) is 5.88. The highest BCUT2D eigenvalue weighted by Gasteiger charge is 2.17. The van der Waals surface area contributed by atoms with Gasteiger partial charge in [0.05, 0.1) is 0 Å². The molecule has 0 radical (unpaired) electrons. The molecule has 1 atom stereocenters. The van der Waals surface area contributed by atoms with Gasteiger partial charge in [-0.05, 0) is 25.0 Å². The van der Waals surface area contributed by atoms with Crippen LogP contribution in [-0.2, 0) is 4.79 Å². The number of rotatable bonds is 7. The molecule has 1 amide bonds. The summed E-state index contributed by atoms with van der Waals surface area (Å²) in [6.45, 7) is 6.15. The van der Waals surface area contributed by atoms with Gasteiger partial charge in [-0.1, -0.05) is 31.2 Å². The lowest BCUT2D eigenvalue weighted by Gasteiger charge is -2.16. The van der Waals surface area contributed by atoms with Crippen molar-refractivity contribution in [1.82, 2.24) is 5.32 Å². The monoisotopic (exact) mass is 233 g/mol. The van der Waals surface area contributed by atoms with Gasteiger partial charge in [0, 0.05) is 6.54 Å². The normalized spacial score (nSPS) is 11.6. The molecule has 0 bridgehead atoms. The standard InChI is InChI=1S/C14H19NO2/c1-3-5-11-15-14(16)13(4-2)17-12-9-7-6-8-10-12/h3,6-10,13H,1,4-5,11H2,2H3,(H,15,16). The summed E-state index contributed by atoms with van der Waals surface area (Å²) < 4.78 is 5.62. The Balaban J connectivity index is 2.47. The lowest BCUT2D eigenvalue weighted by Crippen LogP contribution is -2.38. The third-order valence-electron chi connectivity index (χ3n) is 2.33. The average molecular weight is 233 g/mol. The van der Waals surface area contributed by atoms with E-state index in [9.17, 15) is 4.79 Å². The van der Waals surface area contributed by atoms with Crippen molar-refractivity contribution in [3.8, 4) is 5.75 Å². The van der Waals surface area contributed by atoms with E-state index in [-0.39, 0.29) is 5.91 Å². The van der Waals surface area contributed by atoms with Crippen molar-refractivity contribution < 1.29 is 9.53 Å². The quantitative estimate of drug-likeness (QED) is 0.580. The van der Waals surface area contributed by atoms with Crippen LogP contribution in [0.25, 0.3) is 0 Å². The number of hydrogen-bond acceptors (Lipinski definition) is 2. The fraction of sp³-hybridized carbons (Fsp3) is 0.357. The first-order chi connectivity index (χ1) is 8.27. The summed E-state index contributed by atoms with van der Waals surface area (Å²) in [6.07, 6.45) is 2.77. The van der Waals surface area contributed by atoms with Crippen molar-refractivity contribution in [3.05, 3.63) is 43.0 Å². The second kappa shape index (κ2) is 7.49. The predicted molar refractivity (Wildman–Crippen MR) is 69.0 cm³/mol. The molecule has 1 unspecified atom stereocenters. The molecule has 0 aliphatic carbocycles. The van der Waals surface area contributed by atoms with E-state index in [1.54, 1.807) is 6.08 Å². The van der Waals surface area contributed by atoms with E-state index in [1.165, 1.54) is 0 Å². The molecule has 0 saturated carbocycles. The van der Waals surface area contributed by atoms with Crippen molar-refractivity contribution >= 4 is 5.91 Å². The fourth-order valence-electron chi connectivity index (χ4n) is 1.40. The zero-order valence-electron chi connectivity index (χ0n) is 10.2. The number of para-hydroxylation sites is 1. The van der Waals surface area contributed by atoms with Crippen molar-refractivity contribution in [2.24, 2.45) is 0 Å². The van der Waals surface area contributed by atoms with Gasteiger partial charge in [-0.25, -0.2) is 0 Å². The highest BCUT2D eigenvalue weighted by Crippen LogP contribution is 2.12. The average Bonchev–Trinajstić information content (AvgIpc) is 2.37. The van der Waals surface area contributed by atoms with Crippen LogP contribution in [0, 0.1) is 0 Å². The number of carbonyl (C=O) groups is 1. The number of amides is 1. The summed E-state index contributed by atoms with van der Waals surface area (Å²) >= 11 is 0. The van der Waals surface area contributed by atoms with Gasteiger partial charge in [0.25, 0.3) is 5.91 Å². The number of carbonyl (C=O) groups excluding carboxylic acids is 1. The molecule has 1 aromatic carbocycles. The van der Waals surface area contributed by atoms with Crippen LogP contribution in [0.1, 0.15) is 19.8 Å². The maximum Gasteiger partial charge on any atom is 0.261 e. The number of hydrogen-bond donors (Lipinski definition) is 1. The van der Waals surface area contributed by atoms with E-state index in [2.05, 4.69) is 11.9 Å². The maximum absolute atomic E-state index is 11.8. The molecule has 17 heavy (non-hydrogen) atoms. The van der Waals surface area contributed by atoms with Gasteiger partial charge in [0.1, 0.15) is 5.75 Å². The maximum atomic E-state index is 11.8. The Morgan fingerprint density at radius 1 is 1.47 bits per heavy atom.